The summed E-state index contributed by atoms with van der Waals surface area (Å²) in [6.45, 7) is 3.26. The van der Waals surface area contributed by atoms with E-state index in [9.17, 15) is 14.7 Å². The maximum Gasteiger partial charge on any atom is 0.327 e. The highest BCUT2D eigenvalue weighted by Gasteiger charge is 2.23. The predicted molar refractivity (Wildman–Crippen MR) is 75.3 cm³/mol. The van der Waals surface area contributed by atoms with Crippen LogP contribution in [0.2, 0.25) is 0 Å². The molecule has 1 amide bonds. The summed E-state index contributed by atoms with van der Waals surface area (Å²) in [5.74, 6) is -1.30. The molecule has 5 nitrogen and oxygen atoms in total. The molecule has 1 aliphatic heterocycles. The van der Waals surface area contributed by atoms with E-state index < -0.39 is 12.0 Å². The third kappa shape index (κ3) is 3.81. The molecule has 0 aliphatic carbocycles. The van der Waals surface area contributed by atoms with Gasteiger partial charge in [-0.1, -0.05) is 24.3 Å². The molecule has 0 saturated carbocycles. The van der Waals surface area contributed by atoms with Gasteiger partial charge in [0, 0.05) is 20.0 Å². The average molecular weight is 276 g/mol. The molecule has 1 unspecified atom stereocenters. The molecule has 108 valence electrons. The summed E-state index contributed by atoms with van der Waals surface area (Å²) in [6.07, 6.45) is 2.02. The molecule has 0 radical (unpaired) electrons. The van der Waals surface area contributed by atoms with Gasteiger partial charge in [0.25, 0.3) is 0 Å². The summed E-state index contributed by atoms with van der Waals surface area (Å²) in [5.41, 5.74) is 2.58. The van der Waals surface area contributed by atoms with E-state index in [1.54, 1.807) is 0 Å². The molecular weight excluding hydrogens is 256 g/mol. The lowest BCUT2D eigenvalue weighted by atomic mass is 10.0. The zero-order valence-corrected chi connectivity index (χ0v) is 11.6. The van der Waals surface area contributed by atoms with E-state index in [2.05, 4.69) is 22.3 Å². The van der Waals surface area contributed by atoms with Crippen molar-refractivity contribution in [3.05, 3.63) is 35.4 Å². The average Bonchev–Trinajstić information content (AvgIpc) is 2.58. The van der Waals surface area contributed by atoms with Crippen molar-refractivity contribution in [2.45, 2.75) is 32.4 Å². The Hall–Kier alpha value is -1.88. The molecule has 2 N–H and O–H groups in total. The molecule has 0 saturated heterocycles. The maximum atomic E-state index is 11.2. The van der Waals surface area contributed by atoms with Crippen molar-refractivity contribution < 1.29 is 14.7 Å². The van der Waals surface area contributed by atoms with Crippen molar-refractivity contribution in [3.8, 4) is 0 Å². The first-order chi connectivity index (χ1) is 9.56. The van der Waals surface area contributed by atoms with Crippen molar-refractivity contribution in [1.29, 1.82) is 0 Å². The van der Waals surface area contributed by atoms with Crippen LogP contribution in [0.25, 0.3) is 0 Å². The summed E-state index contributed by atoms with van der Waals surface area (Å²) in [6, 6.07) is 7.40. The van der Waals surface area contributed by atoms with Crippen molar-refractivity contribution >= 4 is 11.9 Å². The minimum atomic E-state index is -0.988. The highest BCUT2D eigenvalue weighted by molar-refractivity contribution is 5.82. The van der Waals surface area contributed by atoms with Gasteiger partial charge in [-0.25, -0.2) is 4.79 Å². The topological polar surface area (TPSA) is 69.6 Å². The molecule has 5 heteroatoms. The zero-order valence-electron chi connectivity index (χ0n) is 11.6. The van der Waals surface area contributed by atoms with Crippen LogP contribution in [0.5, 0.6) is 0 Å². The maximum absolute atomic E-state index is 11.2. The van der Waals surface area contributed by atoms with Gasteiger partial charge in [-0.15, -0.1) is 0 Å². The number of carbonyl (C=O) groups is 2. The number of nitrogens with zero attached hydrogens (tertiary/aromatic N) is 1. The number of rotatable bonds is 4. The van der Waals surface area contributed by atoms with Gasteiger partial charge in [0.1, 0.15) is 6.04 Å². The van der Waals surface area contributed by atoms with Crippen LogP contribution in [0.15, 0.2) is 24.3 Å². The van der Waals surface area contributed by atoms with Gasteiger partial charge in [-0.3, -0.25) is 9.69 Å². The second-order valence-corrected chi connectivity index (χ2v) is 5.20. The standard InChI is InChI=1S/C15H20N2O3/c1-11(18)16-14(15(19)20)10-17-8-4-7-12-5-2-3-6-13(12)9-17/h2-3,5-6,14H,4,7-10H2,1H3,(H,16,18)(H,19,20). The van der Waals surface area contributed by atoms with Crippen LogP contribution >= 0.6 is 0 Å². The Labute approximate surface area is 118 Å². The number of aliphatic carboxylic acids is 1. The van der Waals surface area contributed by atoms with Gasteiger partial charge in [0.15, 0.2) is 0 Å². The van der Waals surface area contributed by atoms with Crippen LogP contribution < -0.4 is 5.32 Å². The normalized spacial score (nSPS) is 16.9. The number of benzene rings is 1. The second-order valence-electron chi connectivity index (χ2n) is 5.20. The number of aryl methyl sites for hydroxylation is 1. The number of carbonyl (C=O) groups excluding carboxylic acids is 1. The largest absolute Gasteiger partial charge is 0.480 e. The number of hydrogen-bond donors (Lipinski definition) is 2. The summed E-state index contributed by atoms with van der Waals surface area (Å²) >= 11 is 0. The molecule has 0 bridgehead atoms. The number of nitrogens with one attached hydrogen (secondary N) is 1. The van der Waals surface area contributed by atoms with E-state index in [-0.39, 0.29) is 5.91 Å². The van der Waals surface area contributed by atoms with E-state index in [0.29, 0.717) is 6.54 Å². The third-order valence-corrected chi connectivity index (χ3v) is 3.55. The molecule has 20 heavy (non-hydrogen) atoms. The molecule has 1 atom stereocenters. The molecule has 0 aromatic heterocycles. The van der Waals surface area contributed by atoms with Crippen molar-refractivity contribution in [1.82, 2.24) is 10.2 Å². The first-order valence-electron chi connectivity index (χ1n) is 6.85. The van der Waals surface area contributed by atoms with Crippen LogP contribution in [-0.2, 0) is 22.6 Å². The minimum Gasteiger partial charge on any atom is -0.480 e. The highest BCUT2D eigenvalue weighted by Crippen LogP contribution is 2.18. The van der Waals surface area contributed by atoms with Crippen LogP contribution in [0.1, 0.15) is 24.5 Å². The number of hydrogen-bond acceptors (Lipinski definition) is 3. The minimum absolute atomic E-state index is 0.312. The Bertz CT molecular complexity index is 502. The Morgan fingerprint density at radius 2 is 2.05 bits per heavy atom. The molecule has 0 fully saturated rings. The molecular formula is C15H20N2O3. The zero-order chi connectivity index (χ0) is 14.5. The van der Waals surface area contributed by atoms with E-state index in [1.165, 1.54) is 18.1 Å². The van der Waals surface area contributed by atoms with Crippen LogP contribution in [0.4, 0.5) is 0 Å². The lowest BCUT2D eigenvalue weighted by Gasteiger charge is -2.24. The third-order valence-electron chi connectivity index (χ3n) is 3.55. The summed E-state index contributed by atoms with van der Waals surface area (Å²) in [4.78, 5) is 24.4. The lowest BCUT2D eigenvalue weighted by molar-refractivity contribution is -0.142. The van der Waals surface area contributed by atoms with E-state index in [4.69, 9.17) is 0 Å². The van der Waals surface area contributed by atoms with Crippen molar-refractivity contribution in [2.75, 3.05) is 13.1 Å². The first-order valence-corrected chi connectivity index (χ1v) is 6.85. The van der Waals surface area contributed by atoms with Gasteiger partial charge in [-0.2, -0.15) is 0 Å². The van der Waals surface area contributed by atoms with E-state index in [0.717, 1.165) is 25.9 Å². The fourth-order valence-electron chi connectivity index (χ4n) is 2.61. The Morgan fingerprint density at radius 3 is 2.70 bits per heavy atom. The summed E-state index contributed by atoms with van der Waals surface area (Å²) in [5, 5.41) is 11.7. The molecule has 1 aliphatic rings. The van der Waals surface area contributed by atoms with Gasteiger partial charge in [0.05, 0.1) is 0 Å². The van der Waals surface area contributed by atoms with Gasteiger partial charge >= 0.3 is 5.97 Å². The quantitative estimate of drug-likeness (QED) is 0.861. The molecule has 0 spiro atoms. The van der Waals surface area contributed by atoms with Gasteiger partial charge < -0.3 is 10.4 Å². The molecule has 1 aromatic rings. The molecule has 1 aromatic carbocycles. The van der Waals surface area contributed by atoms with E-state index in [1.807, 2.05) is 12.1 Å². The van der Waals surface area contributed by atoms with Gasteiger partial charge in [0.2, 0.25) is 5.91 Å². The second kappa shape index (κ2) is 6.52. The molecule has 1 heterocycles. The summed E-state index contributed by atoms with van der Waals surface area (Å²) in [7, 11) is 0. The fourth-order valence-corrected chi connectivity index (χ4v) is 2.61. The van der Waals surface area contributed by atoms with Crippen LogP contribution in [0, 0.1) is 0 Å². The summed E-state index contributed by atoms with van der Waals surface area (Å²) < 4.78 is 0. The predicted octanol–water partition coefficient (Wildman–Crippen LogP) is 1.02. The smallest absolute Gasteiger partial charge is 0.327 e. The number of carboxylic acid groups (broad SMARTS) is 1. The van der Waals surface area contributed by atoms with Crippen molar-refractivity contribution in [2.24, 2.45) is 0 Å². The Balaban J connectivity index is 2.05. The first kappa shape index (κ1) is 14.5. The van der Waals surface area contributed by atoms with Crippen LogP contribution in [-0.4, -0.2) is 41.0 Å². The Morgan fingerprint density at radius 1 is 1.35 bits per heavy atom. The highest BCUT2D eigenvalue weighted by atomic mass is 16.4. The van der Waals surface area contributed by atoms with Crippen LogP contribution in [0.3, 0.4) is 0 Å². The monoisotopic (exact) mass is 276 g/mol. The SMILES string of the molecule is CC(=O)NC(CN1CCCc2ccccc2C1)C(=O)O. The lowest BCUT2D eigenvalue weighted by Crippen LogP contribution is -2.47. The Kier molecular flexibility index (Phi) is 4.74. The van der Waals surface area contributed by atoms with Crippen molar-refractivity contribution in [3.63, 3.8) is 0 Å². The molecule has 2 rings (SSSR count). The van der Waals surface area contributed by atoms with Gasteiger partial charge in [-0.05, 0) is 30.5 Å². The number of amides is 1. The number of carboxylic acids is 1. The number of fused-ring (bicyclic) bond motifs is 1. The van der Waals surface area contributed by atoms with E-state index >= 15 is 0 Å². The fraction of sp³-hybridized carbons (Fsp3) is 0.467.